The van der Waals surface area contributed by atoms with Crippen molar-refractivity contribution < 1.29 is 4.39 Å². The monoisotopic (exact) mass is 345 g/mol. The third-order valence-corrected chi connectivity index (χ3v) is 3.73. The third-order valence-electron chi connectivity index (χ3n) is 3.24. The Balaban J connectivity index is 2.21. The van der Waals surface area contributed by atoms with Crippen LogP contribution in [-0.2, 0) is 0 Å². The summed E-state index contributed by atoms with van der Waals surface area (Å²) >= 11 is 3.44. The number of rotatable bonds is 2. The van der Waals surface area contributed by atoms with Crippen LogP contribution >= 0.6 is 15.9 Å². The van der Waals surface area contributed by atoms with Crippen LogP contribution in [0.4, 0.5) is 10.2 Å². The van der Waals surface area contributed by atoms with E-state index in [-0.39, 0.29) is 5.82 Å². The molecular formula is C16H13BrFN3. The predicted molar refractivity (Wildman–Crippen MR) is 86.3 cm³/mol. The molecule has 1 aromatic heterocycles. The molecule has 5 heteroatoms. The number of nitrogens with two attached hydrogens (primary N) is 1. The zero-order valence-corrected chi connectivity index (χ0v) is 12.9. The van der Waals surface area contributed by atoms with Gasteiger partial charge in [0.1, 0.15) is 5.82 Å². The molecule has 0 saturated heterocycles. The van der Waals surface area contributed by atoms with Gasteiger partial charge in [-0.25, -0.2) is 4.39 Å². The van der Waals surface area contributed by atoms with Gasteiger partial charge < -0.3 is 5.73 Å². The molecule has 0 aliphatic carbocycles. The molecule has 0 bridgehead atoms. The van der Waals surface area contributed by atoms with Crippen molar-refractivity contribution in [3.8, 4) is 22.4 Å². The molecule has 0 aliphatic heterocycles. The molecule has 0 radical (unpaired) electrons. The van der Waals surface area contributed by atoms with E-state index >= 15 is 0 Å². The second-order valence-corrected chi connectivity index (χ2v) is 5.80. The van der Waals surface area contributed by atoms with E-state index in [1.165, 1.54) is 12.1 Å². The summed E-state index contributed by atoms with van der Waals surface area (Å²) < 4.78 is 14.6. The van der Waals surface area contributed by atoms with Crippen LogP contribution in [0.2, 0.25) is 0 Å². The molecular weight excluding hydrogens is 333 g/mol. The maximum Gasteiger partial charge on any atom is 0.153 e. The number of hydrogen-bond donors (Lipinski definition) is 2. The standard InChI is InChI=1S/C16H13BrFN3/c1-9-5-11(8-13(18)6-9)15-14(16(19)21-20-15)10-3-2-4-12(17)7-10/h2-8H,1H3,(H3,19,20,21). The number of aryl methyl sites for hydroxylation is 1. The smallest absolute Gasteiger partial charge is 0.153 e. The molecule has 0 amide bonds. The molecule has 0 spiro atoms. The molecule has 3 nitrogen and oxygen atoms in total. The number of benzene rings is 2. The fourth-order valence-corrected chi connectivity index (χ4v) is 2.78. The van der Waals surface area contributed by atoms with Crippen molar-refractivity contribution in [2.45, 2.75) is 6.92 Å². The van der Waals surface area contributed by atoms with Gasteiger partial charge in [0.15, 0.2) is 5.82 Å². The van der Waals surface area contributed by atoms with Crippen molar-refractivity contribution in [2.75, 3.05) is 5.73 Å². The summed E-state index contributed by atoms with van der Waals surface area (Å²) in [4.78, 5) is 0. The van der Waals surface area contributed by atoms with E-state index < -0.39 is 0 Å². The van der Waals surface area contributed by atoms with Crippen molar-refractivity contribution >= 4 is 21.7 Å². The van der Waals surface area contributed by atoms with E-state index in [1.54, 1.807) is 0 Å². The van der Waals surface area contributed by atoms with Crippen molar-refractivity contribution in [3.05, 3.63) is 58.3 Å². The van der Waals surface area contributed by atoms with Crippen molar-refractivity contribution in [1.29, 1.82) is 0 Å². The fraction of sp³-hybridized carbons (Fsp3) is 0.0625. The highest BCUT2D eigenvalue weighted by atomic mass is 79.9. The van der Waals surface area contributed by atoms with Gasteiger partial charge in [0.2, 0.25) is 0 Å². The molecule has 0 unspecified atom stereocenters. The lowest BCUT2D eigenvalue weighted by Crippen LogP contribution is -1.90. The molecule has 3 rings (SSSR count). The van der Waals surface area contributed by atoms with Crippen LogP contribution in [0.1, 0.15) is 5.56 Å². The van der Waals surface area contributed by atoms with Gasteiger partial charge in [0.25, 0.3) is 0 Å². The minimum Gasteiger partial charge on any atom is -0.382 e. The highest BCUT2D eigenvalue weighted by Crippen LogP contribution is 2.36. The lowest BCUT2D eigenvalue weighted by Gasteiger charge is -2.07. The number of nitrogens with one attached hydrogen (secondary N) is 1. The predicted octanol–water partition coefficient (Wildman–Crippen LogP) is 4.54. The average molecular weight is 346 g/mol. The quantitative estimate of drug-likeness (QED) is 0.716. The maximum absolute atomic E-state index is 13.6. The lowest BCUT2D eigenvalue weighted by atomic mass is 10.00. The summed E-state index contributed by atoms with van der Waals surface area (Å²) in [5.74, 6) is 0.114. The number of aromatic amines is 1. The number of aromatic nitrogens is 2. The number of anilines is 1. The summed E-state index contributed by atoms with van der Waals surface area (Å²) in [6, 6.07) is 12.6. The SMILES string of the molecule is Cc1cc(F)cc(-c2[nH]nc(N)c2-c2cccc(Br)c2)c1. The largest absolute Gasteiger partial charge is 0.382 e. The molecule has 3 aromatic rings. The highest BCUT2D eigenvalue weighted by molar-refractivity contribution is 9.10. The van der Waals surface area contributed by atoms with Gasteiger partial charge in [-0.15, -0.1) is 0 Å². The first kappa shape index (κ1) is 13.8. The van der Waals surface area contributed by atoms with Gasteiger partial charge in [-0.1, -0.05) is 28.1 Å². The van der Waals surface area contributed by atoms with E-state index in [4.69, 9.17) is 5.73 Å². The molecule has 3 N–H and O–H groups in total. The number of nitrogen functional groups attached to an aromatic ring is 1. The normalized spacial score (nSPS) is 10.8. The van der Waals surface area contributed by atoms with Crippen LogP contribution in [0, 0.1) is 12.7 Å². The summed E-state index contributed by atoms with van der Waals surface area (Å²) in [6.45, 7) is 1.85. The second-order valence-electron chi connectivity index (χ2n) is 4.89. The first-order chi connectivity index (χ1) is 10.0. The van der Waals surface area contributed by atoms with E-state index in [2.05, 4.69) is 26.1 Å². The van der Waals surface area contributed by atoms with Gasteiger partial charge in [0.05, 0.1) is 11.3 Å². The topological polar surface area (TPSA) is 54.7 Å². The van der Waals surface area contributed by atoms with E-state index in [1.807, 2.05) is 37.3 Å². The van der Waals surface area contributed by atoms with E-state index in [0.717, 1.165) is 26.7 Å². The summed E-state index contributed by atoms with van der Waals surface area (Å²) in [6.07, 6.45) is 0. The number of halogens is 2. The van der Waals surface area contributed by atoms with Gasteiger partial charge in [-0.3, -0.25) is 5.10 Å². The molecule has 0 saturated carbocycles. The van der Waals surface area contributed by atoms with Crippen LogP contribution in [0.25, 0.3) is 22.4 Å². The molecule has 1 heterocycles. The Hall–Kier alpha value is -2.14. The summed E-state index contributed by atoms with van der Waals surface area (Å²) in [5.41, 5.74) is 9.98. The van der Waals surface area contributed by atoms with E-state index in [9.17, 15) is 4.39 Å². The number of hydrogen-bond acceptors (Lipinski definition) is 2. The first-order valence-electron chi connectivity index (χ1n) is 6.42. The number of nitrogens with zero attached hydrogens (tertiary/aromatic N) is 1. The number of H-pyrrole nitrogens is 1. The Morgan fingerprint density at radius 3 is 2.67 bits per heavy atom. The fourth-order valence-electron chi connectivity index (χ4n) is 2.38. The van der Waals surface area contributed by atoms with Crippen molar-refractivity contribution in [2.24, 2.45) is 0 Å². The zero-order valence-electron chi connectivity index (χ0n) is 11.3. The molecule has 0 atom stereocenters. The Morgan fingerprint density at radius 2 is 1.95 bits per heavy atom. The molecule has 2 aromatic carbocycles. The minimum absolute atomic E-state index is 0.279. The van der Waals surface area contributed by atoms with Crippen LogP contribution in [0.5, 0.6) is 0 Å². The molecule has 0 aliphatic rings. The summed E-state index contributed by atoms with van der Waals surface area (Å²) in [5, 5.41) is 6.98. The van der Waals surface area contributed by atoms with Gasteiger partial charge in [-0.05, 0) is 48.4 Å². The Kier molecular flexibility index (Phi) is 3.51. The zero-order chi connectivity index (χ0) is 15.0. The van der Waals surface area contributed by atoms with Crippen LogP contribution in [-0.4, -0.2) is 10.2 Å². The van der Waals surface area contributed by atoms with Crippen LogP contribution in [0.15, 0.2) is 46.9 Å². The minimum atomic E-state index is -0.279. The van der Waals surface area contributed by atoms with Crippen LogP contribution < -0.4 is 5.73 Å². The van der Waals surface area contributed by atoms with Gasteiger partial charge >= 0.3 is 0 Å². The Bertz CT molecular complexity index is 791. The van der Waals surface area contributed by atoms with Gasteiger partial charge in [0, 0.05) is 10.0 Å². The van der Waals surface area contributed by atoms with Crippen LogP contribution in [0.3, 0.4) is 0 Å². The molecule has 0 fully saturated rings. The Morgan fingerprint density at radius 1 is 1.14 bits per heavy atom. The highest BCUT2D eigenvalue weighted by Gasteiger charge is 2.15. The summed E-state index contributed by atoms with van der Waals surface area (Å²) in [7, 11) is 0. The Labute approximate surface area is 130 Å². The maximum atomic E-state index is 13.6. The third kappa shape index (κ3) is 2.69. The lowest BCUT2D eigenvalue weighted by molar-refractivity contribution is 0.627. The van der Waals surface area contributed by atoms with Gasteiger partial charge in [-0.2, -0.15) is 5.10 Å². The van der Waals surface area contributed by atoms with E-state index in [0.29, 0.717) is 11.5 Å². The first-order valence-corrected chi connectivity index (χ1v) is 7.21. The molecule has 21 heavy (non-hydrogen) atoms. The van der Waals surface area contributed by atoms with Crippen molar-refractivity contribution in [3.63, 3.8) is 0 Å². The van der Waals surface area contributed by atoms with Crippen molar-refractivity contribution in [1.82, 2.24) is 10.2 Å². The molecule has 106 valence electrons. The second kappa shape index (κ2) is 5.33. The average Bonchev–Trinajstić information content (AvgIpc) is 2.79.